The van der Waals surface area contributed by atoms with Crippen molar-refractivity contribution in [3.8, 4) is 21.7 Å². The Bertz CT molecular complexity index is 998. The highest BCUT2D eigenvalue weighted by molar-refractivity contribution is 7.19. The highest BCUT2D eigenvalue weighted by atomic mass is 32.1. The minimum Gasteiger partial charge on any atom is -0.338 e. The zero-order chi connectivity index (χ0) is 20.8. The number of benzene rings is 2. The van der Waals surface area contributed by atoms with Crippen molar-refractivity contribution in [1.82, 2.24) is 10.3 Å². The topological polar surface area (TPSA) is 97.2 Å². The predicted molar refractivity (Wildman–Crippen MR) is 116 cm³/mol. The van der Waals surface area contributed by atoms with Crippen LogP contribution in [0.3, 0.4) is 0 Å². The fourth-order valence-corrected chi connectivity index (χ4v) is 3.72. The molecule has 7 nitrogen and oxygen atoms in total. The Hall–Kier alpha value is -3.26. The highest BCUT2D eigenvalue weighted by Crippen LogP contribution is 2.39. The van der Waals surface area contributed by atoms with Crippen molar-refractivity contribution in [3.63, 3.8) is 0 Å². The predicted octanol–water partition coefficient (Wildman–Crippen LogP) is 5.62. The molecule has 3 aromatic rings. The molecule has 0 radical (unpaired) electrons. The van der Waals surface area contributed by atoms with Crippen LogP contribution in [0.2, 0.25) is 0 Å². The molecular formula is C21H22N4O3S. The van der Waals surface area contributed by atoms with Gasteiger partial charge in [0.1, 0.15) is 0 Å². The van der Waals surface area contributed by atoms with Gasteiger partial charge in [-0.2, -0.15) is 0 Å². The van der Waals surface area contributed by atoms with Gasteiger partial charge in [-0.25, -0.2) is 9.78 Å². The Labute approximate surface area is 173 Å². The number of hydrogen-bond donors (Lipinski definition) is 2. The van der Waals surface area contributed by atoms with E-state index in [0.29, 0.717) is 11.7 Å². The number of urea groups is 1. The van der Waals surface area contributed by atoms with Gasteiger partial charge in [-0.15, -0.1) is 0 Å². The number of nitrogens with zero attached hydrogens (tertiary/aromatic N) is 2. The normalized spacial score (nSPS) is 10.6. The number of unbranched alkanes of at least 4 members (excludes halogenated alkanes) is 1. The van der Waals surface area contributed by atoms with Gasteiger partial charge in [0, 0.05) is 24.2 Å². The van der Waals surface area contributed by atoms with Crippen molar-refractivity contribution in [1.29, 1.82) is 0 Å². The zero-order valence-electron chi connectivity index (χ0n) is 16.3. The monoisotopic (exact) mass is 410 g/mol. The van der Waals surface area contributed by atoms with Crippen LogP contribution in [0.15, 0.2) is 48.5 Å². The molecule has 0 aliphatic carbocycles. The van der Waals surface area contributed by atoms with Gasteiger partial charge in [-0.05, 0) is 31.0 Å². The second kappa shape index (κ2) is 9.29. The summed E-state index contributed by atoms with van der Waals surface area (Å²) >= 11 is 1.34. The molecule has 0 aliphatic rings. The largest absolute Gasteiger partial charge is 0.338 e. The van der Waals surface area contributed by atoms with Crippen LogP contribution in [-0.4, -0.2) is 22.5 Å². The molecule has 8 heteroatoms. The van der Waals surface area contributed by atoms with Gasteiger partial charge in [0.15, 0.2) is 5.13 Å². The van der Waals surface area contributed by atoms with Crippen molar-refractivity contribution in [3.05, 3.63) is 64.2 Å². The van der Waals surface area contributed by atoms with Crippen LogP contribution in [-0.2, 0) is 0 Å². The molecule has 1 heterocycles. The first kappa shape index (κ1) is 20.5. The number of rotatable bonds is 7. The molecule has 29 heavy (non-hydrogen) atoms. The average Bonchev–Trinajstić information content (AvgIpc) is 3.12. The lowest BCUT2D eigenvalue weighted by molar-refractivity contribution is -0.384. The molecule has 0 atom stereocenters. The first-order chi connectivity index (χ1) is 14.0. The van der Waals surface area contributed by atoms with E-state index in [-0.39, 0.29) is 11.7 Å². The molecule has 150 valence electrons. The third kappa shape index (κ3) is 5.17. The number of non-ortho nitro benzene ring substituents is 1. The number of anilines is 1. The number of thiazole rings is 1. The van der Waals surface area contributed by atoms with Crippen LogP contribution in [0, 0.1) is 17.0 Å². The van der Waals surface area contributed by atoms with Crippen molar-refractivity contribution < 1.29 is 9.72 Å². The smallest absolute Gasteiger partial charge is 0.321 e. The van der Waals surface area contributed by atoms with E-state index in [2.05, 4.69) is 22.5 Å². The van der Waals surface area contributed by atoms with Crippen LogP contribution in [0.1, 0.15) is 25.3 Å². The Morgan fingerprint density at radius 3 is 2.38 bits per heavy atom. The number of nitro groups is 1. The molecule has 0 saturated heterocycles. The Morgan fingerprint density at radius 2 is 1.76 bits per heavy atom. The van der Waals surface area contributed by atoms with Crippen LogP contribution in [0.25, 0.3) is 21.7 Å². The highest BCUT2D eigenvalue weighted by Gasteiger charge is 2.17. The lowest BCUT2D eigenvalue weighted by Crippen LogP contribution is -2.29. The number of amides is 2. The van der Waals surface area contributed by atoms with Crippen LogP contribution in [0.4, 0.5) is 15.6 Å². The molecular weight excluding hydrogens is 388 g/mol. The molecule has 2 N–H and O–H groups in total. The van der Waals surface area contributed by atoms with Crippen LogP contribution >= 0.6 is 11.3 Å². The lowest BCUT2D eigenvalue weighted by Gasteiger charge is -2.03. The second-order valence-corrected chi connectivity index (χ2v) is 7.60. The maximum Gasteiger partial charge on any atom is 0.321 e. The number of hydrogen-bond acceptors (Lipinski definition) is 5. The van der Waals surface area contributed by atoms with Gasteiger partial charge in [0.2, 0.25) is 0 Å². The number of aryl methyl sites for hydroxylation is 1. The fraction of sp³-hybridized carbons (Fsp3) is 0.238. The summed E-state index contributed by atoms with van der Waals surface area (Å²) in [6, 6.07) is 14.0. The van der Waals surface area contributed by atoms with E-state index in [9.17, 15) is 14.9 Å². The van der Waals surface area contributed by atoms with Gasteiger partial charge >= 0.3 is 6.03 Å². The third-order valence-electron chi connectivity index (χ3n) is 4.33. The summed E-state index contributed by atoms with van der Waals surface area (Å²) in [6.45, 7) is 4.67. The van der Waals surface area contributed by atoms with Crippen molar-refractivity contribution >= 4 is 28.2 Å². The van der Waals surface area contributed by atoms with Gasteiger partial charge in [-0.1, -0.05) is 54.5 Å². The summed E-state index contributed by atoms with van der Waals surface area (Å²) < 4.78 is 0. The SMILES string of the molecule is CCCCNC(=O)Nc1nc(-c2ccc(C)cc2)c(-c2ccc([N+](=O)[O-])cc2)s1. The number of carbonyl (C=O) groups excluding carboxylic acids is 1. The maximum atomic E-state index is 12.1. The molecule has 0 spiro atoms. The summed E-state index contributed by atoms with van der Waals surface area (Å²) in [5.74, 6) is 0. The first-order valence-corrected chi connectivity index (χ1v) is 10.2. The second-order valence-electron chi connectivity index (χ2n) is 6.60. The molecule has 2 aromatic carbocycles. The summed E-state index contributed by atoms with van der Waals surface area (Å²) in [4.78, 5) is 28.1. The van der Waals surface area contributed by atoms with Gasteiger partial charge < -0.3 is 5.32 Å². The summed E-state index contributed by atoms with van der Waals surface area (Å²) in [7, 11) is 0. The first-order valence-electron chi connectivity index (χ1n) is 9.35. The van der Waals surface area contributed by atoms with Gasteiger partial charge in [0.25, 0.3) is 5.69 Å². The summed E-state index contributed by atoms with van der Waals surface area (Å²) in [6.07, 6.45) is 1.91. The van der Waals surface area contributed by atoms with E-state index < -0.39 is 4.92 Å². The summed E-state index contributed by atoms with van der Waals surface area (Å²) in [5.41, 5.74) is 3.62. The van der Waals surface area contributed by atoms with E-state index in [1.807, 2.05) is 31.2 Å². The molecule has 0 aliphatic heterocycles. The van der Waals surface area contributed by atoms with Crippen molar-refractivity contribution in [2.45, 2.75) is 26.7 Å². The number of nitro benzene ring substituents is 1. The minimum atomic E-state index is -0.426. The number of aromatic nitrogens is 1. The molecule has 1 aromatic heterocycles. The van der Waals surface area contributed by atoms with E-state index in [1.165, 1.54) is 23.5 Å². The molecule has 0 bridgehead atoms. The van der Waals surface area contributed by atoms with E-state index in [0.717, 1.165) is 40.1 Å². The van der Waals surface area contributed by atoms with E-state index >= 15 is 0 Å². The molecule has 0 saturated carbocycles. The van der Waals surface area contributed by atoms with Gasteiger partial charge in [0.05, 0.1) is 15.5 Å². The third-order valence-corrected chi connectivity index (χ3v) is 5.35. The average molecular weight is 410 g/mol. The standard InChI is InChI=1S/C21H22N4O3S/c1-3-4-13-22-20(26)24-21-23-18(15-7-5-14(2)6-8-15)19(29-21)16-9-11-17(12-10-16)25(27)28/h5-12H,3-4,13H2,1-2H3,(H2,22,23,24,26). The van der Waals surface area contributed by atoms with Crippen LogP contribution < -0.4 is 10.6 Å². The van der Waals surface area contributed by atoms with Crippen molar-refractivity contribution in [2.75, 3.05) is 11.9 Å². The number of nitrogens with one attached hydrogen (secondary N) is 2. The van der Waals surface area contributed by atoms with E-state index in [1.54, 1.807) is 12.1 Å². The molecule has 2 amide bonds. The fourth-order valence-electron chi connectivity index (χ4n) is 2.73. The van der Waals surface area contributed by atoms with Gasteiger partial charge in [-0.3, -0.25) is 15.4 Å². The quantitative estimate of drug-likeness (QED) is 0.300. The Morgan fingerprint density at radius 1 is 1.10 bits per heavy atom. The lowest BCUT2D eigenvalue weighted by atomic mass is 10.1. The minimum absolute atomic E-state index is 0.0313. The van der Waals surface area contributed by atoms with Crippen molar-refractivity contribution in [2.24, 2.45) is 0 Å². The molecule has 0 unspecified atom stereocenters. The Balaban J connectivity index is 1.94. The van der Waals surface area contributed by atoms with Crippen LogP contribution in [0.5, 0.6) is 0 Å². The Kier molecular flexibility index (Phi) is 6.56. The zero-order valence-corrected chi connectivity index (χ0v) is 17.1. The maximum absolute atomic E-state index is 12.1. The molecule has 3 rings (SSSR count). The molecule has 0 fully saturated rings. The van der Waals surface area contributed by atoms with E-state index in [4.69, 9.17) is 0 Å². The number of carbonyl (C=O) groups is 1. The summed E-state index contributed by atoms with van der Waals surface area (Å²) in [5, 5.41) is 17.0.